The summed E-state index contributed by atoms with van der Waals surface area (Å²) in [6.07, 6.45) is 3.74. The second-order valence-corrected chi connectivity index (χ2v) is 8.58. The average molecular weight is 382 g/mol. The molecule has 0 aliphatic carbocycles. The van der Waals surface area contributed by atoms with E-state index in [9.17, 15) is 8.42 Å². The standard InChI is InChI=1S/C17H16ClNO3S2/c18-16-5-1-2-6-17(16)24(20,21)19(12-14-8-10-22-13-14)9-7-15-4-3-11-23-15/h1-6,8,10-11,13H,7,9,12H2. The average Bonchev–Trinajstić information content (AvgIpc) is 3.25. The number of rotatable bonds is 7. The molecule has 0 bridgehead atoms. The molecule has 3 aromatic rings. The van der Waals surface area contributed by atoms with Gasteiger partial charge in [-0.15, -0.1) is 11.3 Å². The van der Waals surface area contributed by atoms with Gasteiger partial charge in [-0.3, -0.25) is 0 Å². The molecule has 0 unspecified atom stereocenters. The van der Waals surface area contributed by atoms with Crippen molar-refractivity contribution in [1.82, 2.24) is 4.31 Å². The van der Waals surface area contributed by atoms with Gasteiger partial charge in [0.15, 0.2) is 0 Å². The van der Waals surface area contributed by atoms with Crippen LogP contribution in [0.1, 0.15) is 10.4 Å². The lowest BCUT2D eigenvalue weighted by molar-refractivity contribution is 0.408. The summed E-state index contributed by atoms with van der Waals surface area (Å²) >= 11 is 7.73. The maximum Gasteiger partial charge on any atom is 0.244 e. The van der Waals surface area contributed by atoms with Crippen molar-refractivity contribution in [1.29, 1.82) is 0 Å². The molecule has 0 radical (unpaired) electrons. The Balaban J connectivity index is 1.89. The molecule has 3 rings (SSSR count). The Hall–Kier alpha value is -1.60. The van der Waals surface area contributed by atoms with Crippen molar-refractivity contribution in [2.24, 2.45) is 0 Å². The SMILES string of the molecule is O=S(=O)(c1ccccc1Cl)N(CCc1cccs1)Cc1ccoc1. The summed E-state index contributed by atoms with van der Waals surface area (Å²) in [4.78, 5) is 1.27. The molecule has 7 heteroatoms. The normalized spacial score (nSPS) is 11.9. The predicted molar refractivity (Wildman–Crippen MR) is 95.8 cm³/mol. The molecule has 0 amide bonds. The van der Waals surface area contributed by atoms with E-state index in [0.29, 0.717) is 13.0 Å². The van der Waals surface area contributed by atoms with Crippen LogP contribution in [0, 0.1) is 0 Å². The van der Waals surface area contributed by atoms with Crippen molar-refractivity contribution >= 4 is 33.0 Å². The lowest BCUT2D eigenvalue weighted by Gasteiger charge is -2.22. The van der Waals surface area contributed by atoms with Crippen LogP contribution in [0.3, 0.4) is 0 Å². The molecule has 126 valence electrons. The lowest BCUT2D eigenvalue weighted by Crippen LogP contribution is -2.32. The molecule has 0 aliphatic heterocycles. The molecular weight excluding hydrogens is 366 g/mol. The van der Waals surface area contributed by atoms with Gasteiger partial charge < -0.3 is 4.42 Å². The number of thiophene rings is 1. The molecule has 0 saturated carbocycles. The Morgan fingerprint density at radius 3 is 2.62 bits per heavy atom. The fourth-order valence-electron chi connectivity index (χ4n) is 2.35. The third kappa shape index (κ3) is 3.89. The summed E-state index contributed by atoms with van der Waals surface area (Å²) in [5.41, 5.74) is 0.803. The molecule has 0 aliphatic rings. The predicted octanol–water partition coefficient (Wildman–Crippen LogP) is 4.43. The third-order valence-corrected chi connectivity index (χ3v) is 6.86. The van der Waals surface area contributed by atoms with Gasteiger partial charge in [0.25, 0.3) is 0 Å². The number of halogens is 1. The van der Waals surface area contributed by atoms with Crippen LogP contribution in [-0.4, -0.2) is 19.3 Å². The first kappa shape index (κ1) is 17.2. The van der Waals surface area contributed by atoms with Crippen LogP contribution in [0.2, 0.25) is 5.02 Å². The van der Waals surface area contributed by atoms with Crippen LogP contribution in [0.5, 0.6) is 0 Å². The van der Waals surface area contributed by atoms with E-state index in [-0.39, 0.29) is 16.5 Å². The summed E-state index contributed by atoms with van der Waals surface area (Å²) in [7, 11) is -3.70. The number of nitrogens with zero attached hydrogens (tertiary/aromatic N) is 1. The van der Waals surface area contributed by atoms with Gasteiger partial charge in [-0.05, 0) is 36.1 Å². The van der Waals surface area contributed by atoms with Crippen molar-refractivity contribution in [3.05, 3.63) is 75.8 Å². The van der Waals surface area contributed by atoms with Crippen LogP contribution in [-0.2, 0) is 23.0 Å². The number of furan rings is 1. The molecule has 0 spiro atoms. The Kier molecular flexibility index (Phi) is 5.40. The summed E-state index contributed by atoms with van der Waals surface area (Å²) < 4.78 is 32.6. The van der Waals surface area contributed by atoms with Gasteiger partial charge in [-0.2, -0.15) is 4.31 Å². The van der Waals surface area contributed by atoms with Gasteiger partial charge in [-0.25, -0.2) is 8.42 Å². The number of hydrogen-bond donors (Lipinski definition) is 0. The van der Waals surface area contributed by atoms with Crippen LogP contribution in [0.15, 0.2) is 69.7 Å². The third-order valence-electron chi connectivity index (χ3n) is 3.58. The molecular formula is C17H16ClNO3S2. The summed E-state index contributed by atoms with van der Waals surface area (Å²) in [5.74, 6) is 0. The number of benzene rings is 1. The topological polar surface area (TPSA) is 50.5 Å². The van der Waals surface area contributed by atoms with Crippen LogP contribution >= 0.6 is 22.9 Å². The minimum Gasteiger partial charge on any atom is -0.472 e. The highest BCUT2D eigenvalue weighted by atomic mass is 35.5. The Morgan fingerprint density at radius 1 is 1.12 bits per heavy atom. The van der Waals surface area contributed by atoms with E-state index < -0.39 is 10.0 Å². The molecule has 24 heavy (non-hydrogen) atoms. The zero-order valence-corrected chi connectivity index (χ0v) is 15.2. The maximum absolute atomic E-state index is 13.1. The zero-order valence-electron chi connectivity index (χ0n) is 12.8. The fraction of sp³-hybridized carbons (Fsp3) is 0.176. The van der Waals surface area contributed by atoms with Gasteiger partial charge in [0.1, 0.15) is 4.90 Å². The van der Waals surface area contributed by atoms with E-state index in [0.717, 1.165) is 10.4 Å². The van der Waals surface area contributed by atoms with Crippen molar-refractivity contribution in [2.75, 3.05) is 6.54 Å². The summed E-state index contributed by atoms with van der Waals surface area (Å²) in [5, 5.41) is 2.21. The van der Waals surface area contributed by atoms with Crippen LogP contribution in [0.25, 0.3) is 0 Å². The second kappa shape index (κ2) is 7.53. The van der Waals surface area contributed by atoms with E-state index in [1.807, 2.05) is 17.5 Å². The van der Waals surface area contributed by atoms with Crippen molar-refractivity contribution in [3.63, 3.8) is 0 Å². The fourth-order valence-corrected chi connectivity index (χ4v) is 4.97. The van der Waals surface area contributed by atoms with E-state index in [1.54, 1.807) is 41.9 Å². The quantitative estimate of drug-likeness (QED) is 0.608. The maximum atomic E-state index is 13.1. The van der Waals surface area contributed by atoms with Crippen LogP contribution < -0.4 is 0 Å². The van der Waals surface area contributed by atoms with Gasteiger partial charge in [0, 0.05) is 23.5 Å². The van der Waals surface area contributed by atoms with Crippen molar-refractivity contribution in [2.45, 2.75) is 17.9 Å². The first-order chi connectivity index (χ1) is 11.6. The number of hydrogen-bond acceptors (Lipinski definition) is 4. The number of sulfonamides is 1. The molecule has 0 N–H and O–H groups in total. The van der Waals surface area contributed by atoms with Gasteiger partial charge in [-0.1, -0.05) is 29.8 Å². The molecule has 1 aromatic carbocycles. The monoisotopic (exact) mass is 381 g/mol. The molecule has 2 aromatic heterocycles. The molecule has 0 fully saturated rings. The highest BCUT2D eigenvalue weighted by Crippen LogP contribution is 2.26. The zero-order chi connectivity index (χ0) is 17.0. The van der Waals surface area contributed by atoms with E-state index in [1.165, 1.54) is 16.6 Å². The molecule has 0 atom stereocenters. The van der Waals surface area contributed by atoms with Crippen LogP contribution in [0.4, 0.5) is 0 Å². The second-order valence-electron chi connectivity index (χ2n) is 5.23. The lowest BCUT2D eigenvalue weighted by atomic mass is 10.3. The Bertz CT molecular complexity index is 874. The minimum absolute atomic E-state index is 0.126. The van der Waals surface area contributed by atoms with Gasteiger partial charge in [0.05, 0.1) is 17.5 Å². The van der Waals surface area contributed by atoms with Crippen molar-refractivity contribution < 1.29 is 12.8 Å². The first-order valence-electron chi connectivity index (χ1n) is 7.35. The molecule has 2 heterocycles. The summed E-state index contributed by atoms with van der Waals surface area (Å²) in [6.45, 7) is 0.620. The van der Waals surface area contributed by atoms with E-state index in [2.05, 4.69) is 0 Å². The Morgan fingerprint density at radius 2 is 1.96 bits per heavy atom. The van der Waals surface area contributed by atoms with E-state index >= 15 is 0 Å². The summed E-state index contributed by atoms with van der Waals surface area (Å²) in [6, 6.07) is 12.2. The highest BCUT2D eigenvalue weighted by molar-refractivity contribution is 7.89. The largest absolute Gasteiger partial charge is 0.472 e. The minimum atomic E-state index is -3.70. The van der Waals surface area contributed by atoms with Gasteiger partial charge in [0.2, 0.25) is 10.0 Å². The smallest absolute Gasteiger partial charge is 0.244 e. The van der Waals surface area contributed by atoms with Gasteiger partial charge >= 0.3 is 0 Å². The molecule has 4 nitrogen and oxygen atoms in total. The molecule has 0 saturated heterocycles. The van der Waals surface area contributed by atoms with Crippen molar-refractivity contribution in [3.8, 4) is 0 Å². The first-order valence-corrected chi connectivity index (χ1v) is 10.1. The Labute approximate surface area is 150 Å². The highest BCUT2D eigenvalue weighted by Gasteiger charge is 2.26. The van der Waals surface area contributed by atoms with E-state index in [4.69, 9.17) is 16.0 Å².